The SMILES string of the molecule is O=S(=O)(Oc1ccc(-c2c(Cc3ccccc3)oc3ccccc23)cc1)C(F)(F)F. The third kappa shape index (κ3) is 3.91. The molecule has 4 nitrogen and oxygen atoms in total. The van der Waals surface area contributed by atoms with Crippen LogP contribution in [0.15, 0.2) is 83.3 Å². The summed E-state index contributed by atoms with van der Waals surface area (Å²) in [5, 5.41) is 0.847. The first-order valence-electron chi connectivity index (χ1n) is 8.90. The van der Waals surface area contributed by atoms with Gasteiger partial charge in [0.15, 0.2) is 0 Å². The van der Waals surface area contributed by atoms with E-state index in [1.54, 1.807) is 0 Å². The minimum Gasteiger partial charge on any atom is -0.460 e. The number of hydrogen-bond acceptors (Lipinski definition) is 4. The van der Waals surface area contributed by atoms with Gasteiger partial charge >= 0.3 is 15.6 Å². The molecule has 8 heteroatoms. The van der Waals surface area contributed by atoms with E-state index >= 15 is 0 Å². The van der Waals surface area contributed by atoms with Crippen LogP contribution in [0.3, 0.4) is 0 Å². The zero-order valence-electron chi connectivity index (χ0n) is 15.4. The van der Waals surface area contributed by atoms with Crippen LogP contribution in [-0.4, -0.2) is 13.9 Å². The van der Waals surface area contributed by atoms with Gasteiger partial charge in [-0.3, -0.25) is 0 Å². The van der Waals surface area contributed by atoms with Crippen molar-refractivity contribution in [3.63, 3.8) is 0 Å². The Bertz CT molecular complexity index is 1280. The number of para-hydroxylation sites is 1. The Labute approximate surface area is 170 Å². The highest BCUT2D eigenvalue weighted by molar-refractivity contribution is 7.88. The molecule has 0 N–H and O–H groups in total. The van der Waals surface area contributed by atoms with Crippen molar-refractivity contribution in [3.05, 3.63) is 90.2 Å². The minimum atomic E-state index is -5.72. The number of rotatable bonds is 5. The fraction of sp³-hybridized carbons (Fsp3) is 0.0909. The second-order valence-electron chi connectivity index (χ2n) is 6.57. The molecular formula is C22H15F3O4S. The van der Waals surface area contributed by atoms with Crippen molar-refractivity contribution >= 4 is 21.1 Å². The normalized spacial score (nSPS) is 12.2. The highest BCUT2D eigenvalue weighted by Crippen LogP contribution is 2.37. The fourth-order valence-electron chi connectivity index (χ4n) is 3.17. The first-order valence-corrected chi connectivity index (χ1v) is 10.3. The lowest BCUT2D eigenvalue weighted by atomic mass is 9.98. The van der Waals surface area contributed by atoms with Crippen LogP contribution in [0.25, 0.3) is 22.1 Å². The average molecular weight is 432 g/mol. The van der Waals surface area contributed by atoms with Gasteiger partial charge in [-0.15, -0.1) is 0 Å². The van der Waals surface area contributed by atoms with E-state index in [4.69, 9.17) is 4.42 Å². The maximum atomic E-state index is 12.5. The second-order valence-corrected chi connectivity index (χ2v) is 8.10. The molecule has 0 radical (unpaired) electrons. The van der Waals surface area contributed by atoms with E-state index in [1.165, 1.54) is 24.3 Å². The van der Waals surface area contributed by atoms with Crippen molar-refractivity contribution in [1.29, 1.82) is 0 Å². The molecule has 0 aliphatic heterocycles. The second kappa shape index (κ2) is 7.53. The topological polar surface area (TPSA) is 56.5 Å². The molecule has 0 saturated heterocycles. The molecule has 0 aliphatic rings. The van der Waals surface area contributed by atoms with Gasteiger partial charge < -0.3 is 8.60 Å². The number of furan rings is 1. The molecule has 0 unspecified atom stereocenters. The predicted molar refractivity (Wildman–Crippen MR) is 107 cm³/mol. The molecule has 3 aromatic carbocycles. The molecule has 1 aromatic heterocycles. The molecule has 0 fully saturated rings. The van der Waals surface area contributed by atoms with Crippen LogP contribution in [0.4, 0.5) is 13.2 Å². The van der Waals surface area contributed by atoms with E-state index in [0.717, 1.165) is 16.5 Å². The lowest BCUT2D eigenvalue weighted by molar-refractivity contribution is -0.0500. The zero-order chi connectivity index (χ0) is 21.4. The molecule has 0 saturated carbocycles. The Kier molecular flexibility index (Phi) is 5.03. The lowest BCUT2D eigenvalue weighted by Crippen LogP contribution is -2.28. The third-order valence-electron chi connectivity index (χ3n) is 4.51. The van der Waals surface area contributed by atoms with Crippen LogP contribution in [-0.2, 0) is 16.5 Å². The summed E-state index contributed by atoms with van der Waals surface area (Å²) in [7, 11) is -5.72. The summed E-state index contributed by atoms with van der Waals surface area (Å²) < 4.78 is 70.2. The van der Waals surface area contributed by atoms with Crippen LogP contribution < -0.4 is 4.18 Å². The van der Waals surface area contributed by atoms with Crippen LogP contribution in [0, 0.1) is 0 Å². The van der Waals surface area contributed by atoms with E-state index in [0.29, 0.717) is 23.3 Å². The molecule has 0 spiro atoms. The monoisotopic (exact) mass is 432 g/mol. The smallest absolute Gasteiger partial charge is 0.460 e. The molecule has 0 amide bonds. The number of hydrogen-bond donors (Lipinski definition) is 0. The summed E-state index contributed by atoms with van der Waals surface area (Å²) in [5.41, 5.74) is -2.32. The predicted octanol–water partition coefficient (Wildman–Crippen LogP) is 5.92. The van der Waals surface area contributed by atoms with Gasteiger partial charge in [0.1, 0.15) is 17.1 Å². The first kappa shape index (κ1) is 20.0. The fourth-order valence-corrected chi connectivity index (χ4v) is 3.63. The largest absolute Gasteiger partial charge is 0.534 e. The average Bonchev–Trinajstić information content (AvgIpc) is 3.06. The Balaban J connectivity index is 1.73. The van der Waals surface area contributed by atoms with Crippen molar-refractivity contribution in [2.45, 2.75) is 11.9 Å². The number of benzene rings is 3. The molecule has 4 rings (SSSR count). The number of fused-ring (bicyclic) bond motifs is 1. The summed E-state index contributed by atoms with van der Waals surface area (Å²) in [6.45, 7) is 0. The molecule has 0 aliphatic carbocycles. The van der Waals surface area contributed by atoms with Gasteiger partial charge in [0.05, 0.1) is 0 Å². The highest BCUT2D eigenvalue weighted by Gasteiger charge is 2.48. The maximum absolute atomic E-state index is 12.5. The van der Waals surface area contributed by atoms with Crippen LogP contribution in [0.2, 0.25) is 0 Å². The van der Waals surface area contributed by atoms with Gasteiger partial charge in [0, 0.05) is 17.4 Å². The van der Waals surface area contributed by atoms with Gasteiger partial charge in [0.25, 0.3) is 0 Å². The molecule has 0 bridgehead atoms. The Morgan fingerprint density at radius 1 is 0.833 bits per heavy atom. The molecule has 154 valence electrons. The van der Waals surface area contributed by atoms with Crippen LogP contribution in [0.5, 0.6) is 5.75 Å². The Hall–Kier alpha value is -3.26. The number of alkyl halides is 3. The van der Waals surface area contributed by atoms with Crippen molar-refractivity contribution < 1.29 is 30.2 Å². The van der Waals surface area contributed by atoms with Crippen LogP contribution in [0.1, 0.15) is 11.3 Å². The molecule has 4 aromatic rings. The van der Waals surface area contributed by atoms with Crippen molar-refractivity contribution in [3.8, 4) is 16.9 Å². The van der Waals surface area contributed by atoms with Gasteiger partial charge in [-0.05, 0) is 29.3 Å². The zero-order valence-corrected chi connectivity index (χ0v) is 16.2. The molecule has 1 heterocycles. The number of halogens is 3. The van der Waals surface area contributed by atoms with Crippen molar-refractivity contribution in [2.24, 2.45) is 0 Å². The van der Waals surface area contributed by atoms with E-state index in [-0.39, 0.29) is 0 Å². The Morgan fingerprint density at radius 3 is 2.13 bits per heavy atom. The van der Waals surface area contributed by atoms with Crippen molar-refractivity contribution in [2.75, 3.05) is 0 Å². The summed E-state index contributed by atoms with van der Waals surface area (Å²) in [4.78, 5) is 0. The van der Waals surface area contributed by atoms with Gasteiger partial charge in [-0.25, -0.2) is 0 Å². The standard InChI is InChI=1S/C22H15F3O4S/c23-22(24,25)30(26,27)29-17-12-10-16(11-13-17)21-18-8-4-5-9-19(18)28-20(21)14-15-6-2-1-3-7-15/h1-13H,14H2. The van der Waals surface area contributed by atoms with E-state index in [9.17, 15) is 21.6 Å². The van der Waals surface area contributed by atoms with Crippen molar-refractivity contribution in [1.82, 2.24) is 0 Å². The van der Waals surface area contributed by atoms with E-state index in [1.807, 2.05) is 54.6 Å². The third-order valence-corrected chi connectivity index (χ3v) is 5.49. The summed E-state index contributed by atoms with van der Waals surface area (Å²) in [5.74, 6) is 0.271. The van der Waals surface area contributed by atoms with Crippen LogP contribution >= 0.6 is 0 Å². The summed E-state index contributed by atoms with van der Waals surface area (Å²) in [6, 6.07) is 22.5. The van der Waals surface area contributed by atoms with Gasteiger partial charge in [-0.1, -0.05) is 60.7 Å². The molecular weight excluding hydrogens is 417 g/mol. The maximum Gasteiger partial charge on any atom is 0.534 e. The quantitative estimate of drug-likeness (QED) is 0.290. The Morgan fingerprint density at radius 2 is 1.47 bits per heavy atom. The van der Waals surface area contributed by atoms with E-state index in [2.05, 4.69) is 4.18 Å². The lowest BCUT2D eigenvalue weighted by Gasteiger charge is -2.10. The summed E-state index contributed by atoms with van der Waals surface area (Å²) in [6.07, 6.45) is 0.519. The van der Waals surface area contributed by atoms with Gasteiger partial charge in [-0.2, -0.15) is 21.6 Å². The molecule has 0 atom stereocenters. The summed E-state index contributed by atoms with van der Waals surface area (Å²) >= 11 is 0. The minimum absolute atomic E-state index is 0.423. The molecule has 30 heavy (non-hydrogen) atoms. The highest BCUT2D eigenvalue weighted by atomic mass is 32.2. The van der Waals surface area contributed by atoms with Gasteiger partial charge in [0.2, 0.25) is 0 Å². The first-order chi connectivity index (χ1) is 14.2. The van der Waals surface area contributed by atoms with E-state index < -0.39 is 21.4 Å².